The van der Waals surface area contributed by atoms with Crippen molar-refractivity contribution in [2.24, 2.45) is 0 Å². The fourth-order valence-electron chi connectivity index (χ4n) is 1.91. The van der Waals surface area contributed by atoms with Crippen LogP contribution in [0.2, 0.25) is 0 Å². The van der Waals surface area contributed by atoms with Gasteiger partial charge in [-0.25, -0.2) is 4.39 Å². The summed E-state index contributed by atoms with van der Waals surface area (Å²) in [7, 11) is 0. The molecule has 23 heavy (non-hydrogen) atoms. The van der Waals surface area contributed by atoms with Gasteiger partial charge in [0.1, 0.15) is 5.82 Å². The van der Waals surface area contributed by atoms with Crippen molar-refractivity contribution in [1.82, 2.24) is 15.4 Å². The van der Waals surface area contributed by atoms with Crippen molar-refractivity contribution in [3.8, 4) is 0 Å². The summed E-state index contributed by atoms with van der Waals surface area (Å²) >= 11 is 6.22. The highest BCUT2D eigenvalue weighted by Crippen LogP contribution is 2.31. The number of nitrogens with zero attached hydrogens (tertiary/aromatic N) is 1. The number of hydrazine groups is 1. The van der Waals surface area contributed by atoms with Crippen LogP contribution < -0.4 is 5.43 Å². The molecule has 3 rings (SSSR count). The third-order valence-corrected chi connectivity index (χ3v) is 4.32. The molecule has 0 aliphatic carbocycles. The normalized spacial score (nSPS) is 16.2. The van der Waals surface area contributed by atoms with Crippen LogP contribution in [0, 0.1) is 5.82 Å². The molecule has 116 valence electrons. The van der Waals surface area contributed by atoms with Crippen LogP contribution in [0.15, 0.2) is 47.5 Å². The summed E-state index contributed by atoms with van der Waals surface area (Å²) in [6, 6.07) is 8.62. The van der Waals surface area contributed by atoms with Gasteiger partial charge in [0.05, 0.1) is 4.91 Å². The molecule has 0 spiro atoms. The number of amides is 2. The van der Waals surface area contributed by atoms with Gasteiger partial charge in [0.25, 0.3) is 11.8 Å². The van der Waals surface area contributed by atoms with Gasteiger partial charge in [-0.15, -0.1) is 0 Å². The molecule has 0 radical (unpaired) electrons. The van der Waals surface area contributed by atoms with Gasteiger partial charge in [0, 0.05) is 17.5 Å². The van der Waals surface area contributed by atoms with Crippen LogP contribution in [0.25, 0.3) is 6.08 Å². The van der Waals surface area contributed by atoms with Crippen LogP contribution in [0.1, 0.15) is 16.1 Å². The number of hydrogen-bond donors (Lipinski definition) is 2. The second kappa shape index (κ2) is 6.35. The Kier molecular flexibility index (Phi) is 4.26. The minimum Gasteiger partial charge on any atom is -0.362 e. The van der Waals surface area contributed by atoms with Crippen LogP contribution in [0.5, 0.6) is 0 Å². The number of aromatic nitrogens is 1. The van der Waals surface area contributed by atoms with E-state index in [9.17, 15) is 14.0 Å². The molecular formula is C15H10FN3O2S2. The fraction of sp³-hybridized carbons (Fsp3) is 0. The fourth-order valence-corrected chi connectivity index (χ4v) is 3.08. The number of carbonyl (C=O) groups is 2. The van der Waals surface area contributed by atoms with Crippen molar-refractivity contribution in [3.63, 3.8) is 0 Å². The number of benzene rings is 1. The number of thioether (sulfide) groups is 1. The molecule has 1 saturated heterocycles. The molecule has 2 amide bonds. The number of hydrogen-bond acceptors (Lipinski definition) is 4. The van der Waals surface area contributed by atoms with Gasteiger partial charge in [-0.3, -0.25) is 15.0 Å². The Balaban J connectivity index is 1.75. The number of thiocarbonyl (C=S) groups is 1. The molecule has 2 N–H and O–H groups in total. The zero-order chi connectivity index (χ0) is 16.4. The number of H-pyrrole nitrogens is 1. The minimum atomic E-state index is -0.539. The van der Waals surface area contributed by atoms with Gasteiger partial charge in [0.15, 0.2) is 4.32 Å². The van der Waals surface area contributed by atoms with E-state index in [-0.39, 0.29) is 9.88 Å². The van der Waals surface area contributed by atoms with Gasteiger partial charge in [-0.2, -0.15) is 5.01 Å². The molecular weight excluding hydrogens is 337 g/mol. The van der Waals surface area contributed by atoms with Crippen LogP contribution in [0.4, 0.5) is 4.39 Å². The van der Waals surface area contributed by atoms with E-state index in [2.05, 4.69) is 10.4 Å². The van der Waals surface area contributed by atoms with E-state index < -0.39 is 17.6 Å². The summed E-state index contributed by atoms with van der Waals surface area (Å²) in [5, 5.41) is 1.01. The zero-order valence-electron chi connectivity index (χ0n) is 11.6. The minimum absolute atomic E-state index is 0.225. The summed E-state index contributed by atoms with van der Waals surface area (Å²) in [4.78, 5) is 27.8. The van der Waals surface area contributed by atoms with E-state index in [1.165, 1.54) is 24.3 Å². The third-order valence-electron chi connectivity index (χ3n) is 3.02. The van der Waals surface area contributed by atoms with E-state index in [0.29, 0.717) is 4.91 Å². The molecule has 1 aromatic carbocycles. The number of nitrogens with one attached hydrogen (secondary N) is 2. The lowest BCUT2D eigenvalue weighted by molar-refractivity contribution is -0.123. The van der Waals surface area contributed by atoms with Crippen molar-refractivity contribution in [2.45, 2.75) is 0 Å². The van der Waals surface area contributed by atoms with E-state index >= 15 is 0 Å². The Morgan fingerprint density at radius 3 is 2.70 bits per heavy atom. The van der Waals surface area contributed by atoms with Crippen LogP contribution >= 0.6 is 24.0 Å². The van der Waals surface area contributed by atoms with Crippen LogP contribution in [0.3, 0.4) is 0 Å². The van der Waals surface area contributed by atoms with Crippen molar-refractivity contribution in [3.05, 3.63) is 64.6 Å². The van der Waals surface area contributed by atoms with E-state index in [1.807, 2.05) is 12.1 Å². The smallest absolute Gasteiger partial charge is 0.285 e. The monoisotopic (exact) mass is 347 g/mol. The molecule has 0 saturated carbocycles. The summed E-state index contributed by atoms with van der Waals surface area (Å²) in [6.45, 7) is 0. The first-order valence-corrected chi connectivity index (χ1v) is 7.75. The second-order valence-corrected chi connectivity index (χ2v) is 6.27. The molecule has 0 atom stereocenters. The quantitative estimate of drug-likeness (QED) is 0.662. The van der Waals surface area contributed by atoms with Gasteiger partial charge in [-0.1, -0.05) is 11.8 Å². The Labute approximate surface area is 140 Å². The molecule has 1 aliphatic heterocycles. The average molecular weight is 347 g/mol. The first-order valence-electron chi connectivity index (χ1n) is 6.52. The number of aromatic amines is 1. The zero-order valence-corrected chi connectivity index (χ0v) is 13.2. The summed E-state index contributed by atoms with van der Waals surface area (Å²) in [5.74, 6) is -1.39. The lowest BCUT2D eigenvalue weighted by Crippen LogP contribution is -2.44. The highest BCUT2D eigenvalue weighted by atomic mass is 32.2. The Morgan fingerprint density at radius 1 is 1.30 bits per heavy atom. The number of carbonyl (C=O) groups excluding carboxylic acids is 2. The summed E-state index contributed by atoms with van der Waals surface area (Å²) < 4.78 is 13.1. The van der Waals surface area contributed by atoms with Gasteiger partial charge in [-0.05, 0) is 54.7 Å². The standard InChI is InChI=1S/C15H10FN3O2S2/c16-10-5-3-9(4-6-10)13(20)18-19-14(21)12(23-15(19)22)8-11-2-1-7-17-11/h1-8,17H,(H,18,20)/b12-8+. The highest BCUT2D eigenvalue weighted by molar-refractivity contribution is 8.26. The molecule has 0 unspecified atom stereocenters. The van der Waals surface area contributed by atoms with Gasteiger partial charge in [0.2, 0.25) is 0 Å². The first kappa shape index (κ1) is 15.4. The van der Waals surface area contributed by atoms with E-state index in [4.69, 9.17) is 12.2 Å². The van der Waals surface area contributed by atoms with Crippen molar-refractivity contribution in [2.75, 3.05) is 0 Å². The Morgan fingerprint density at radius 2 is 2.04 bits per heavy atom. The topological polar surface area (TPSA) is 65.2 Å². The van der Waals surface area contributed by atoms with Gasteiger partial charge < -0.3 is 4.98 Å². The number of halogens is 1. The van der Waals surface area contributed by atoms with Crippen LogP contribution in [-0.2, 0) is 4.79 Å². The average Bonchev–Trinajstić information content (AvgIpc) is 3.12. The van der Waals surface area contributed by atoms with Gasteiger partial charge >= 0.3 is 0 Å². The Hall–Kier alpha value is -2.45. The maximum absolute atomic E-state index is 12.9. The van der Waals surface area contributed by atoms with E-state index in [1.54, 1.807) is 12.3 Å². The predicted octanol–water partition coefficient (Wildman–Crippen LogP) is 2.70. The van der Waals surface area contributed by atoms with Crippen molar-refractivity contribution in [1.29, 1.82) is 0 Å². The molecule has 8 heteroatoms. The number of rotatable bonds is 3. The molecule has 1 fully saturated rings. The molecule has 0 bridgehead atoms. The molecule has 1 aromatic heterocycles. The predicted molar refractivity (Wildman–Crippen MR) is 89.7 cm³/mol. The lowest BCUT2D eigenvalue weighted by atomic mass is 10.2. The summed E-state index contributed by atoms with van der Waals surface area (Å²) in [6.07, 6.45) is 3.40. The molecule has 5 nitrogen and oxygen atoms in total. The lowest BCUT2D eigenvalue weighted by Gasteiger charge is -2.15. The SMILES string of the molecule is O=C(NN1C(=O)/C(=C\c2ccc[nH]2)SC1=S)c1ccc(F)cc1. The first-order chi connectivity index (χ1) is 11.0. The van der Waals surface area contributed by atoms with Crippen LogP contribution in [-0.4, -0.2) is 26.1 Å². The molecule has 1 aliphatic rings. The maximum atomic E-state index is 12.9. The second-order valence-electron chi connectivity index (χ2n) is 4.59. The summed E-state index contributed by atoms with van der Waals surface area (Å²) in [5.41, 5.74) is 3.42. The molecule has 2 heterocycles. The maximum Gasteiger partial charge on any atom is 0.285 e. The highest BCUT2D eigenvalue weighted by Gasteiger charge is 2.33. The van der Waals surface area contributed by atoms with Crippen molar-refractivity contribution >= 4 is 46.2 Å². The third kappa shape index (κ3) is 3.33. The van der Waals surface area contributed by atoms with E-state index in [0.717, 1.165) is 22.5 Å². The largest absolute Gasteiger partial charge is 0.362 e. The van der Waals surface area contributed by atoms with Crippen molar-refractivity contribution < 1.29 is 14.0 Å². The Bertz CT molecular complexity index is 801. The molecule has 2 aromatic rings.